The summed E-state index contributed by atoms with van der Waals surface area (Å²) >= 11 is 5.88. The van der Waals surface area contributed by atoms with Gasteiger partial charge in [-0.2, -0.15) is 18.2 Å². The molecule has 154 valence electrons. The van der Waals surface area contributed by atoms with Crippen LogP contribution in [0.4, 0.5) is 18.9 Å². The van der Waals surface area contributed by atoms with Gasteiger partial charge >= 0.3 is 6.18 Å². The van der Waals surface area contributed by atoms with E-state index in [0.717, 1.165) is 17.8 Å². The topological polar surface area (TPSA) is 71.5 Å². The molecule has 4 rings (SSSR count). The Morgan fingerprint density at radius 2 is 2.07 bits per heavy atom. The highest BCUT2D eigenvalue weighted by molar-refractivity contribution is 6.28. The van der Waals surface area contributed by atoms with Gasteiger partial charge in [0, 0.05) is 37.3 Å². The third-order valence-electron chi connectivity index (χ3n) is 5.08. The maximum atomic E-state index is 12.8. The van der Waals surface area contributed by atoms with E-state index >= 15 is 0 Å². The first kappa shape index (κ1) is 19.7. The van der Waals surface area contributed by atoms with Crippen molar-refractivity contribution < 1.29 is 22.7 Å². The van der Waals surface area contributed by atoms with Crippen LogP contribution in [-0.4, -0.2) is 46.0 Å². The largest absolute Gasteiger partial charge is 0.481 e. The van der Waals surface area contributed by atoms with E-state index in [9.17, 15) is 18.0 Å². The summed E-state index contributed by atoms with van der Waals surface area (Å²) in [7, 11) is 1.48. The molecule has 0 radical (unpaired) electrons. The first-order chi connectivity index (χ1) is 13.7. The highest BCUT2D eigenvalue weighted by atomic mass is 35.5. The highest BCUT2D eigenvalue weighted by Gasteiger charge is 2.36. The lowest BCUT2D eigenvalue weighted by atomic mass is 9.95. The molecule has 0 atom stereocenters. The number of hydrogen-bond acceptors (Lipinski definition) is 6. The Morgan fingerprint density at radius 1 is 1.31 bits per heavy atom. The summed E-state index contributed by atoms with van der Waals surface area (Å²) in [6, 6.07) is 2.57. The van der Waals surface area contributed by atoms with Gasteiger partial charge in [-0.3, -0.25) is 9.78 Å². The molecule has 1 amide bonds. The fourth-order valence-corrected chi connectivity index (χ4v) is 3.78. The number of nitrogens with zero attached hydrogens (tertiary/aromatic N) is 5. The first-order valence-corrected chi connectivity index (χ1v) is 9.27. The van der Waals surface area contributed by atoms with Crippen LogP contribution in [0.15, 0.2) is 18.3 Å². The molecule has 29 heavy (non-hydrogen) atoms. The van der Waals surface area contributed by atoms with Crippen molar-refractivity contribution in [1.29, 1.82) is 0 Å². The lowest BCUT2D eigenvalue weighted by Crippen LogP contribution is -2.48. The fraction of sp³-hybridized carbons (Fsp3) is 0.444. The van der Waals surface area contributed by atoms with Crippen molar-refractivity contribution in [3.63, 3.8) is 0 Å². The molecule has 0 saturated carbocycles. The summed E-state index contributed by atoms with van der Waals surface area (Å²) in [5.74, 6) is 0.394. The number of carbonyl (C=O) groups is 1. The molecule has 4 heterocycles. The minimum absolute atomic E-state index is 0.0449. The maximum absolute atomic E-state index is 12.8. The van der Waals surface area contributed by atoms with Gasteiger partial charge in [0.25, 0.3) is 0 Å². The minimum Gasteiger partial charge on any atom is -0.481 e. The van der Waals surface area contributed by atoms with Gasteiger partial charge in [0.05, 0.1) is 31.5 Å². The summed E-state index contributed by atoms with van der Waals surface area (Å²) < 4.78 is 43.6. The number of carbonyl (C=O) groups excluding carboxylic acids is 1. The molecule has 1 fully saturated rings. The summed E-state index contributed by atoms with van der Waals surface area (Å²) in [6.45, 7) is 1.72. The van der Waals surface area contributed by atoms with Crippen molar-refractivity contribution in [2.24, 2.45) is 5.92 Å². The molecule has 0 aliphatic carbocycles. The minimum atomic E-state index is -4.48. The molecule has 0 bridgehead atoms. The zero-order valence-corrected chi connectivity index (χ0v) is 16.2. The van der Waals surface area contributed by atoms with Gasteiger partial charge in [0.1, 0.15) is 5.69 Å². The fourth-order valence-electron chi connectivity index (χ4n) is 3.60. The van der Waals surface area contributed by atoms with Gasteiger partial charge < -0.3 is 14.5 Å². The Bertz CT molecular complexity index is 950. The number of ether oxygens (including phenoxy) is 1. The van der Waals surface area contributed by atoms with Crippen LogP contribution in [0.1, 0.15) is 23.4 Å². The molecule has 0 unspecified atom stereocenters. The van der Waals surface area contributed by atoms with E-state index in [-0.39, 0.29) is 17.1 Å². The van der Waals surface area contributed by atoms with E-state index in [1.807, 2.05) is 4.90 Å². The molecule has 2 aromatic heterocycles. The molecule has 11 heteroatoms. The van der Waals surface area contributed by atoms with E-state index < -0.39 is 11.9 Å². The number of pyridine rings is 1. The van der Waals surface area contributed by atoms with Crippen LogP contribution in [0.2, 0.25) is 5.28 Å². The van der Waals surface area contributed by atoms with Gasteiger partial charge in [0.2, 0.25) is 17.1 Å². The van der Waals surface area contributed by atoms with Gasteiger partial charge in [-0.1, -0.05) is 0 Å². The molecular weight excluding hydrogens is 411 g/mol. The van der Waals surface area contributed by atoms with Gasteiger partial charge in [0.15, 0.2) is 0 Å². The molecular formula is C18H17ClF3N5O2. The van der Waals surface area contributed by atoms with Crippen LogP contribution in [0.5, 0.6) is 5.88 Å². The van der Waals surface area contributed by atoms with Crippen LogP contribution in [0.25, 0.3) is 0 Å². The SMILES string of the molecule is COc1nc(Cl)nc2c1CN(C(=O)CC1CN(c3ccnc(C(F)(F)F)c3)C1)C2. The third kappa shape index (κ3) is 3.93. The van der Waals surface area contributed by atoms with E-state index in [1.165, 1.54) is 7.11 Å². The van der Waals surface area contributed by atoms with E-state index in [0.29, 0.717) is 49.9 Å². The summed E-state index contributed by atoms with van der Waals surface area (Å²) in [6.07, 6.45) is -3.02. The number of methoxy groups -OCH3 is 1. The standard InChI is InChI=1S/C18H17ClF3N5O2/c1-29-16-12-8-27(9-13(12)24-17(19)25-16)15(28)4-10-6-26(7-10)11-2-3-23-14(5-11)18(20,21)22/h2-3,5,10H,4,6-9H2,1H3. The summed E-state index contributed by atoms with van der Waals surface area (Å²) in [4.78, 5) is 27.7. The van der Waals surface area contributed by atoms with Crippen LogP contribution in [-0.2, 0) is 24.1 Å². The number of alkyl halides is 3. The Balaban J connectivity index is 1.34. The second-order valence-electron chi connectivity index (χ2n) is 7.05. The molecule has 2 aliphatic heterocycles. The zero-order valence-electron chi connectivity index (χ0n) is 15.4. The molecule has 0 aromatic carbocycles. The van der Waals surface area contributed by atoms with Crippen molar-refractivity contribution in [3.05, 3.63) is 40.6 Å². The smallest absolute Gasteiger partial charge is 0.433 e. The molecule has 1 saturated heterocycles. The van der Waals surface area contributed by atoms with Gasteiger partial charge in [-0.25, -0.2) is 4.98 Å². The second-order valence-corrected chi connectivity index (χ2v) is 7.39. The van der Waals surface area contributed by atoms with E-state index in [4.69, 9.17) is 16.3 Å². The van der Waals surface area contributed by atoms with Crippen LogP contribution >= 0.6 is 11.6 Å². The van der Waals surface area contributed by atoms with E-state index in [1.54, 1.807) is 11.0 Å². The quantitative estimate of drug-likeness (QED) is 0.699. The molecule has 0 N–H and O–H groups in total. The van der Waals surface area contributed by atoms with Crippen molar-refractivity contribution in [1.82, 2.24) is 19.9 Å². The number of amides is 1. The number of halogens is 4. The predicted molar refractivity (Wildman–Crippen MR) is 97.4 cm³/mol. The lowest BCUT2D eigenvalue weighted by Gasteiger charge is -2.41. The zero-order chi connectivity index (χ0) is 20.8. The van der Waals surface area contributed by atoms with E-state index in [2.05, 4.69) is 15.0 Å². The van der Waals surface area contributed by atoms with Crippen molar-refractivity contribution >= 4 is 23.2 Å². The average Bonchev–Trinajstić information content (AvgIpc) is 3.06. The molecule has 2 aromatic rings. The Morgan fingerprint density at radius 3 is 2.76 bits per heavy atom. The molecule has 7 nitrogen and oxygen atoms in total. The Kier molecular flexibility index (Phi) is 4.97. The predicted octanol–water partition coefficient (Wildman–Crippen LogP) is 2.92. The van der Waals surface area contributed by atoms with Crippen molar-refractivity contribution in [2.45, 2.75) is 25.7 Å². The number of rotatable bonds is 4. The number of hydrogen-bond donors (Lipinski definition) is 0. The monoisotopic (exact) mass is 427 g/mol. The van der Waals surface area contributed by atoms with Gasteiger partial charge in [-0.05, 0) is 23.7 Å². The Hall–Kier alpha value is -2.62. The van der Waals surface area contributed by atoms with Crippen molar-refractivity contribution in [3.8, 4) is 5.88 Å². The first-order valence-electron chi connectivity index (χ1n) is 8.90. The summed E-state index contributed by atoms with van der Waals surface area (Å²) in [5, 5.41) is 0.0695. The normalized spacial score (nSPS) is 16.6. The highest BCUT2D eigenvalue weighted by Crippen LogP contribution is 2.34. The average molecular weight is 428 g/mol. The molecule has 2 aliphatic rings. The maximum Gasteiger partial charge on any atom is 0.433 e. The molecule has 0 spiro atoms. The lowest BCUT2D eigenvalue weighted by molar-refractivity contribution is -0.141. The van der Waals surface area contributed by atoms with Crippen molar-refractivity contribution in [2.75, 3.05) is 25.1 Å². The number of aromatic nitrogens is 3. The van der Waals surface area contributed by atoms with Crippen LogP contribution < -0.4 is 9.64 Å². The summed E-state index contributed by atoms with van der Waals surface area (Å²) in [5.41, 5.74) is 0.955. The number of fused-ring (bicyclic) bond motifs is 1. The Labute approximate surface area is 169 Å². The van der Waals surface area contributed by atoms with Crippen LogP contribution in [0.3, 0.4) is 0 Å². The van der Waals surface area contributed by atoms with Crippen LogP contribution in [0, 0.1) is 5.92 Å². The van der Waals surface area contributed by atoms with Gasteiger partial charge in [-0.15, -0.1) is 0 Å². The second kappa shape index (κ2) is 7.33. The number of anilines is 1. The third-order valence-corrected chi connectivity index (χ3v) is 5.25.